The predicted octanol–water partition coefficient (Wildman–Crippen LogP) is 7.56. The standard InChI is InChI=1S/C38H65NO9Si2/c1-16-29(34(41)39-26(3)22-45-35(39)42)31(40)30(24-46-49(12,13)36(4,5)6)33(48-50(14,15)37(7,8)9)38(10)32(47-38)25(2)21-44-23-27-17-19-28(43-11)20-18-27/h16-20,25-26,29-33,40H,1,21-24H2,2-15H3/t25-,26+,29+,30-,31+,32+,33-,38+/m0/s1. The number of epoxide rings is 1. The summed E-state index contributed by atoms with van der Waals surface area (Å²) in [6, 6.07) is 7.34. The van der Waals surface area contributed by atoms with E-state index in [0.29, 0.717) is 13.2 Å². The highest BCUT2D eigenvalue weighted by Gasteiger charge is 2.65. The number of hydrogen-bond donors (Lipinski definition) is 1. The van der Waals surface area contributed by atoms with Crippen molar-refractivity contribution in [1.82, 2.24) is 4.90 Å². The molecule has 284 valence electrons. The monoisotopic (exact) mass is 735 g/mol. The molecule has 8 atom stereocenters. The van der Waals surface area contributed by atoms with Gasteiger partial charge >= 0.3 is 6.09 Å². The summed E-state index contributed by atoms with van der Waals surface area (Å²) >= 11 is 0. The Labute approximate surface area is 303 Å². The lowest BCUT2D eigenvalue weighted by molar-refractivity contribution is -0.138. The average molecular weight is 736 g/mol. The molecule has 2 heterocycles. The number of aliphatic hydroxyl groups excluding tert-OH is 1. The predicted molar refractivity (Wildman–Crippen MR) is 201 cm³/mol. The third-order valence-electron chi connectivity index (χ3n) is 11.5. The molecule has 0 spiro atoms. The zero-order valence-corrected chi connectivity index (χ0v) is 35.1. The molecule has 1 N–H and O–H groups in total. The largest absolute Gasteiger partial charge is 0.497 e. The molecule has 50 heavy (non-hydrogen) atoms. The van der Waals surface area contributed by atoms with E-state index in [2.05, 4.69) is 81.2 Å². The van der Waals surface area contributed by atoms with Crippen LogP contribution in [0, 0.1) is 17.8 Å². The Morgan fingerprint density at radius 1 is 1.08 bits per heavy atom. The van der Waals surface area contributed by atoms with Gasteiger partial charge in [-0.2, -0.15) is 0 Å². The highest BCUT2D eigenvalue weighted by Crippen LogP contribution is 2.51. The first-order valence-electron chi connectivity index (χ1n) is 17.9. The number of benzene rings is 1. The molecule has 3 rings (SSSR count). The smallest absolute Gasteiger partial charge is 0.416 e. The third kappa shape index (κ3) is 9.48. The number of aliphatic hydroxyl groups is 1. The first kappa shape index (κ1) is 42.3. The van der Waals surface area contributed by atoms with Crippen molar-refractivity contribution >= 4 is 28.6 Å². The van der Waals surface area contributed by atoms with Crippen LogP contribution in [0.5, 0.6) is 5.75 Å². The lowest BCUT2D eigenvalue weighted by atomic mass is 9.79. The lowest BCUT2D eigenvalue weighted by Gasteiger charge is -2.46. The number of carbonyl (C=O) groups excluding carboxylic acids is 2. The van der Waals surface area contributed by atoms with Crippen molar-refractivity contribution < 1.29 is 42.5 Å². The molecular formula is C38H65NO9Si2. The van der Waals surface area contributed by atoms with Crippen LogP contribution in [0.3, 0.4) is 0 Å². The second-order valence-corrected chi connectivity index (χ2v) is 27.0. The van der Waals surface area contributed by atoms with Crippen molar-refractivity contribution in [2.24, 2.45) is 17.8 Å². The van der Waals surface area contributed by atoms with Gasteiger partial charge < -0.3 is 32.9 Å². The minimum absolute atomic E-state index is 0.0000747. The summed E-state index contributed by atoms with van der Waals surface area (Å²) in [7, 11) is -3.18. The van der Waals surface area contributed by atoms with Gasteiger partial charge in [0.15, 0.2) is 16.6 Å². The highest BCUT2D eigenvalue weighted by atomic mass is 28.4. The second kappa shape index (κ2) is 15.9. The van der Waals surface area contributed by atoms with E-state index in [-0.39, 0.29) is 35.3 Å². The molecule has 0 radical (unpaired) electrons. The molecule has 12 heteroatoms. The molecule has 2 saturated heterocycles. The van der Waals surface area contributed by atoms with E-state index in [4.69, 9.17) is 27.8 Å². The van der Waals surface area contributed by atoms with Gasteiger partial charge in [-0.05, 0) is 67.8 Å². The number of ether oxygens (including phenoxy) is 4. The van der Waals surface area contributed by atoms with E-state index in [1.165, 1.54) is 6.08 Å². The fraction of sp³-hybridized carbons (Fsp3) is 0.737. The zero-order valence-electron chi connectivity index (χ0n) is 33.1. The van der Waals surface area contributed by atoms with Gasteiger partial charge in [0.1, 0.15) is 18.0 Å². The molecule has 0 saturated carbocycles. The molecule has 1 aromatic carbocycles. The van der Waals surface area contributed by atoms with Crippen LogP contribution in [0.25, 0.3) is 0 Å². The van der Waals surface area contributed by atoms with Crippen LogP contribution in [-0.2, 0) is 34.5 Å². The summed E-state index contributed by atoms with van der Waals surface area (Å²) in [4.78, 5) is 27.7. The zero-order chi connectivity index (χ0) is 38.0. The molecule has 0 aliphatic carbocycles. The summed E-state index contributed by atoms with van der Waals surface area (Å²) in [5, 5.41) is 12.1. The van der Waals surface area contributed by atoms with E-state index in [0.717, 1.165) is 16.2 Å². The minimum atomic E-state index is -2.49. The fourth-order valence-corrected chi connectivity index (χ4v) is 8.41. The highest BCUT2D eigenvalue weighted by molar-refractivity contribution is 6.74. The molecule has 0 bridgehead atoms. The Hall–Kier alpha value is -2.07. The maximum atomic E-state index is 14.0. The van der Waals surface area contributed by atoms with Crippen molar-refractivity contribution in [3.63, 3.8) is 0 Å². The molecule has 2 amide bonds. The first-order chi connectivity index (χ1) is 22.9. The van der Waals surface area contributed by atoms with Crippen LogP contribution in [-0.4, -0.2) is 95.5 Å². The van der Waals surface area contributed by atoms with Gasteiger partial charge in [-0.3, -0.25) is 4.79 Å². The Morgan fingerprint density at radius 2 is 1.66 bits per heavy atom. The number of imide groups is 1. The number of nitrogens with zero attached hydrogens (tertiary/aromatic N) is 1. The number of rotatable bonds is 17. The first-order valence-corrected chi connectivity index (χ1v) is 23.7. The number of carbonyl (C=O) groups is 2. The van der Waals surface area contributed by atoms with Gasteiger partial charge in [-0.1, -0.05) is 66.7 Å². The summed E-state index contributed by atoms with van der Waals surface area (Å²) in [6.07, 6.45) is -1.45. The molecule has 10 nitrogen and oxygen atoms in total. The Balaban J connectivity index is 1.99. The molecule has 0 aromatic heterocycles. The van der Waals surface area contributed by atoms with Crippen molar-refractivity contribution in [2.75, 3.05) is 26.9 Å². The fourth-order valence-electron chi connectivity index (χ4n) is 5.97. The molecule has 0 unspecified atom stereocenters. The van der Waals surface area contributed by atoms with Crippen LogP contribution in [0.4, 0.5) is 4.79 Å². The van der Waals surface area contributed by atoms with E-state index < -0.39 is 64.3 Å². The molecule has 2 aliphatic rings. The number of hydrogen-bond acceptors (Lipinski definition) is 9. The molecule has 1 aromatic rings. The quantitative estimate of drug-likeness (QED) is 0.0983. The normalized spacial score (nSPS) is 24.6. The van der Waals surface area contributed by atoms with E-state index in [9.17, 15) is 14.7 Å². The van der Waals surface area contributed by atoms with Gasteiger partial charge in [0.05, 0.1) is 50.6 Å². The number of cyclic esters (lactones) is 1. The maximum absolute atomic E-state index is 14.0. The van der Waals surface area contributed by atoms with Gasteiger partial charge in [0.25, 0.3) is 0 Å². The van der Waals surface area contributed by atoms with Crippen molar-refractivity contribution in [3.05, 3.63) is 42.5 Å². The van der Waals surface area contributed by atoms with Crippen LogP contribution in [0.15, 0.2) is 36.9 Å². The molecule has 2 fully saturated rings. The van der Waals surface area contributed by atoms with Gasteiger partial charge in [-0.25, -0.2) is 9.69 Å². The molecular weight excluding hydrogens is 671 g/mol. The number of amides is 2. The summed E-state index contributed by atoms with van der Waals surface area (Å²) in [5.74, 6) is -1.56. The van der Waals surface area contributed by atoms with Crippen LogP contribution >= 0.6 is 0 Å². The summed E-state index contributed by atoms with van der Waals surface area (Å²) in [6.45, 7) is 32.7. The number of methoxy groups -OCH3 is 1. The van der Waals surface area contributed by atoms with E-state index in [1.54, 1.807) is 14.0 Å². The Morgan fingerprint density at radius 3 is 2.14 bits per heavy atom. The Kier molecular flexibility index (Phi) is 13.5. The lowest BCUT2D eigenvalue weighted by Crippen LogP contribution is -2.57. The minimum Gasteiger partial charge on any atom is -0.497 e. The van der Waals surface area contributed by atoms with Gasteiger partial charge in [-0.15, -0.1) is 6.58 Å². The van der Waals surface area contributed by atoms with Crippen molar-refractivity contribution in [2.45, 2.75) is 135 Å². The van der Waals surface area contributed by atoms with Gasteiger partial charge in [0, 0.05) is 18.4 Å². The van der Waals surface area contributed by atoms with E-state index in [1.807, 2.05) is 31.2 Å². The summed E-state index contributed by atoms with van der Waals surface area (Å²) < 4.78 is 37.3. The topological polar surface area (TPSA) is 116 Å². The van der Waals surface area contributed by atoms with Gasteiger partial charge in [0.2, 0.25) is 5.91 Å². The Bertz CT molecular complexity index is 1320. The van der Waals surface area contributed by atoms with Crippen molar-refractivity contribution in [1.29, 1.82) is 0 Å². The third-order valence-corrected chi connectivity index (χ3v) is 20.5. The molecule has 2 aliphatic heterocycles. The van der Waals surface area contributed by atoms with Crippen molar-refractivity contribution in [3.8, 4) is 5.75 Å². The SMILES string of the molecule is C=C[C@@H](C(=O)N1C(=O)OC[C@H]1C)[C@@H](O)[C@H](CO[Si](C)(C)C(C)(C)C)[C@H](O[Si](C)(C)C(C)(C)C)[C@]1(C)O[C@@H]1[C@@H](C)COCc1ccc(OC)cc1. The van der Waals surface area contributed by atoms with Crippen LogP contribution in [0.1, 0.15) is 67.9 Å². The summed E-state index contributed by atoms with van der Waals surface area (Å²) in [5.41, 5.74) is 0.231. The van der Waals surface area contributed by atoms with Crippen LogP contribution in [0.2, 0.25) is 36.3 Å². The second-order valence-electron chi connectivity index (χ2n) is 17.5. The maximum Gasteiger partial charge on any atom is 0.416 e. The van der Waals surface area contributed by atoms with Crippen LogP contribution < -0.4 is 4.74 Å². The van der Waals surface area contributed by atoms with E-state index >= 15 is 0 Å². The average Bonchev–Trinajstić information content (AvgIpc) is 3.60.